The summed E-state index contributed by atoms with van der Waals surface area (Å²) in [6, 6.07) is 0. The molecule has 54 valence electrons. The molecule has 1 N–H and O–H groups in total. The van der Waals surface area contributed by atoms with Crippen molar-refractivity contribution in [2.24, 2.45) is 0 Å². The molecule has 0 aromatic carbocycles. The lowest BCUT2D eigenvalue weighted by atomic mass is 10.0. The summed E-state index contributed by atoms with van der Waals surface area (Å²) in [7, 11) is 0. The van der Waals surface area contributed by atoms with Crippen LogP contribution in [0, 0.1) is 0 Å². The van der Waals surface area contributed by atoms with Gasteiger partial charge in [0.2, 0.25) is 0 Å². The first-order valence-corrected chi connectivity index (χ1v) is 3.48. The maximum Gasteiger partial charge on any atom is 0.0799 e. The minimum Gasteiger partial charge on any atom is -0.386 e. The fourth-order valence-corrected chi connectivity index (χ4v) is 0.949. The van der Waals surface area contributed by atoms with Crippen LogP contribution in [0.4, 0.5) is 0 Å². The third-order valence-electron chi connectivity index (χ3n) is 1.28. The van der Waals surface area contributed by atoms with Crippen LogP contribution in [0.15, 0.2) is 12.2 Å². The van der Waals surface area contributed by atoms with Crippen molar-refractivity contribution in [3.05, 3.63) is 12.2 Å². The van der Waals surface area contributed by atoms with E-state index in [1.165, 1.54) is 0 Å². The van der Waals surface area contributed by atoms with E-state index in [9.17, 15) is 5.11 Å². The Labute approximate surface area is 57.4 Å². The highest BCUT2D eigenvalue weighted by Crippen LogP contribution is 2.12. The molecule has 0 aromatic rings. The zero-order chi connectivity index (χ0) is 7.33. The summed E-state index contributed by atoms with van der Waals surface area (Å²) in [6.45, 7) is 5.82. The average molecular weight is 128 g/mol. The van der Waals surface area contributed by atoms with Crippen LogP contribution in [-0.4, -0.2) is 10.7 Å². The van der Waals surface area contributed by atoms with Crippen molar-refractivity contribution in [2.45, 2.75) is 39.2 Å². The molecule has 0 spiro atoms. The molecule has 0 rings (SSSR count). The third kappa shape index (κ3) is 4.22. The highest BCUT2D eigenvalue weighted by molar-refractivity contribution is 4.95. The highest BCUT2D eigenvalue weighted by Gasteiger charge is 2.12. The molecule has 1 nitrogen and oxygen atoms in total. The molecule has 0 fully saturated rings. The number of hydrogen-bond acceptors (Lipinski definition) is 1. The SMILES string of the molecule is CC=CC(C)(O)CCC. The van der Waals surface area contributed by atoms with Crippen molar-refractivity contribution >= 4 is 0 Å². The van der Waals surface area contributed by atoms with Crippen LogP contribution in [0.1, 0.15) is 33.6 Å². The predicted octanol–water partition coefficient (Wildman–Crippen LogP) is 2.11. The van der Waals surface area contributed by atoms with Crippen LogP contribution in [0.2, 0.25) is 0 Å². The molecule has 0 heterocycles. The molecule has 0 aromatic heterocycles. The van der Waals surface area contributed by atoms with Gasteiger partial charge in [-0.15, -0.1) is 0 Å². The molecular formula is C8H16O. The van der Waals surface area contributed by atoms with Crippen molar-refractivity contribution < 1.29 is 5.11 Å². The maximum atomic E-state index is 9.43. The largest absolute Gasteiger partial charge is 0.386 e. The van der Waals surface area contributed by atoms with E-state index in [0.717, 1.165) is 12.8 Å². The molecule has 1 atom stereocenters. The van der Waals surface area contributed by atoms with Gasteiger partial charge in [-0.1, -0.05) is 25.5 Å². The Bertz CT molecular complexity index is 92.7. The fraction of sp³-hybridized carbons (Fsp3) is 0.750. The van der Waals surface area contributed by atoms with Crippen LogP contribution >= 0.6 is 0 Å². The van der Waals surface area contributed by atoms with Crippen LogP contribution < -0.4 is 0 Å². The quantitative estimate of drug-likeness (QED) is 0.577. The van der Waals surface area contributed by atoms with Crippen molar-refractivity contribution in [1.82, 2.24) is 0 Å². The Balaban J connectivity index is 3.70. The Morgan fingerprint density at radius 1 is 1.56 bits per heavy atom. The van der Waals surface area contributed by atoms with Crippen LogP contribution in [0.25, 0.3) is 0 Å². The van der Waals surface area contributed by atoms with Crippen molar-refractivity contribution in [1.29, 1.82) is 0 Å². The fourth-order valence-electron chi connectivity index (χ4n) is 0.949. The minimum atomic E-state index is -0.580. The number of allylic oxidation sites excluding steroid dienone is 1. The zero-order valence-electron chi connectivity index (χ0n) is 6.52. The molecule has 0 amide bonds. The van der Waals surface area contributed by atoms with E-state index in [1.807, 2.05) is 26.0 Å². The predicted molar refractivity (Wildman–Crippen MR) is 40.3 cm³/mol. The molecule has 0 bridgehead atoms. The number of hydrogen-bond donors (Lipinski definition) is 1. The first-order valence-electron chi connectivity index (χ1n) is 3.48. The molecule has 0 aliphatic heterocycles. The lowest BCUT2D eigenvalue weighted by Crippen LogP contribution is -2.19. The van der Waals surface area contributed by atoms with Gasteiger partial charge >= 0.3 is 0 Å². The minimum absolute atomic E-state index is 0.580. The van der Waals surface area contributed by atoms with Gasteiger partial charge in [-0.2, -0.15) is 0 Å². The second kappa shape index (κ2) is 3.67. The second-order valence-electron chi connectivity index (χ2n) is 2.61. The molecule has 0 aliphatic carbocycles. The molecule has 9 heavy (non-hydrogen) atoms. The van der Waals surface area contributed by atoms with Crippen LogP contribution in [0.5, 0.6) is 0 Å². The van der Waals surface area contributed by atoms with E-state index in [-0.39, 0.29) is 0 Å². The van der Waals surface area contributed by atoms with E-state index in [2.05, 4.69) is 6.92 Å². The zero-order valence-corrected chi connectivity index (χ0v) is 6.52. The molecule has 0 aliphatic rings. The normalized spacial score (nSPS) is 18.2. The number of rotatable bonds is 3. The molecule has 0 saturated carbocycles. The summed E-state index contributed by atoms with van der Waals surface area (Å²) >= 11 is 0. The Hall–Kier alpha value is -0.300. The summed E-state index contributed by atoms with van der Waals surface area (Å²) in [5.74, 6) is 0. The topological polar surface area (TPSA) is 20.2 Å². The smallest absolute Gasteiger partial charge is 0.0799 e. The first kappa shape index (κ1) is 8.70. The third-order valence-corrected chi connectivity index (χ3v) is 1.28. The van der Waals surface area contributed by atoms with E-state index >= 15 is 0 Å². The highest BCUT2D eigenvalue weighted by atomic mass is 16.3. The summed E-state index contributed by atoms with van der Waals surface area (Å²) in [5.41, 5.74) is -0.580. The molecule has 0 saturated heterocycles. The lowest BCUT2D eigenvalue weighted by Gasteiger charge is -2.16. The van der Waals surface area contributed by atoms with Crippen molar-refractivity contribution in [3.63, 3.8) is 0 Å². The summed E-state index contributed by atoms with van der Waals surface area (Å²) in [6.07, 6.45) is 5.58. The van der Waals surface area contributed by atoms with Gasteiger partial charge in [-0.05, 0) is 20.3 Å². The lowest BCUT2D eigenvalue weighted by molar-refractivity contribution is 0.101. The monoisotopic (exact) mass is 128 g/mol. The van der Waals surface area contributed by atoms with Crippen LogP contribution in [0.3, 0.4) is 0 Å². The number of aliphatic hydroxyl groups is 1. The summed E-state index contributed by atoms with van der Waals surface area (Å²) in [4.78, 5) is 0. The van der Waals surface area contributed by atoms with Crippen molar-refractivity contribution in [2.75, 3.05) is 0 Å². The Morgan fingerprint density at radius 2 is 2.11 bits per heavy atom. The molecule has 1 unspecified atom stereocenters. The summed E-state index contributed by atoms with van der Waals surface area (Å²) in [5, 5.41) is 9.43. The Kier molecular flexibility index (Phi) is 3.55. The average Bonchev–Trinajstić information content (AvgIpc) is 1.64. The van der Waals surface area contributed by atoms with Gasteiger partial charge in [0.15, 0.2) is 0 Å². The van der Waals surface area contributed by atoms with Gasteiger partial charge in [0, 0.05) is 0 Å². The molecule has 0 radical (unpaired) electrons. The standard InChI is InChI=1S/C8H16O/c1-4-6-8(3,9)7-5-2/h4,6,9H,5,7H2,1-3H3. The van der Waals surface area contributed by atoms with E-state index < -0.39 is 5.60 Å². The van der Waals surface area contributed by atoms with E-state index in [4.69, 9.17) is 0 Å². The second-order valence-corrected chi connectivity index (χ2v) is 2.61. The Morgan fingerprint density at radius 3 is 2.44 bits per heavy atom. The van der Waals surface area contributed by atoms with Gasteiger partial charge in [-0.25, -0.2) is 0 Å². The van der Waals surface area contributed by atoms with Gasteiger partial charge in [0.1, 0.15) is 0 Å². The van der Waals surface area contributed by atoms with Gasteiger partial charge in [0.25, 0.3) is 0 Å². The van der Waals surface area contributed by atoms with Crippen LogP contribution in [-0.2, 0) is 0 Å². The van der Waals surface area contributed by atoms with E-state index in [0.29, 0.717) is 0 Å². The van der Waals surface area contributed by atoms with E-state index in [1.54, 1.807) is 0 Å². The molecule has 1 heteroatoms. The summed E-state index contributed by atoms with van der Waals surface area (Å²) < 4.78 is 0. The maximum absolute atomic E-state index is 9.43. The van der Waals surface area contributed by atoms with Gasteiger partial charge in [-0.3, -0.25) is 0 Å². The van der Waals surface area contributed by atoms with Gasteiger partial charge < -0.3 is 5.11 Å². The molecular weight excluding hydrogens is 112 g/mol. The first-order chi connectivity index (χ1) is 4.12. The van der Waals surface area contributed by atoms with Crippen molar-refractivity contribution in [3.8, 4) is 0 Å². The van der Waals surface area contributed by atoms with Gasteiger partial charge in [0.05, 0.1) is 5.60 Å².